The van der Waals surface area contributed by atoms with Crippen molar-refractivity contribution in [3.8, 4) is 0 Å². The van der Waals surface area contributed by atoms with Gasteiger partial charge in [0.15, 0.2) is 0 Å². The summed E-state index contributed by atoms with van der Waals surface area (Å²) in [5, 5.41) is 4.99. The van der Waals surface area contributed by atoms with Gasteiger partial charge in [-0.25, -0.2) is 14.1 Å². The van der Waals surface area contributed by atoms with Gasteiger partial charge in [-0.3, -0.25) is 0 Å². The van der Waals surface area contributed by atoms with Gasteiger partial charge in [0.1, 0.15) is 9.92 Å². The molecular weight excluding hydrogens is 148 g/mol. The van der Waals surface area contributed by atoms with Gasteiger partial charge in [-0.2, -0.15) is 0 Å². The van der Waals surface area contributed by atoms with E-state index in [2.05, 4.69) is 6.58 Å². The smallest absolute Gasteiger partial charge is 0.102 e. The third-order valence-corrected chi connectivity index (χ3v) is 2.00. The van der Waals surface area contributed by atoms with Crippen molar-refractivity contribution in [3.63, 3.8) is 0 Å². The van der Waals surface area contributed by atoms with E-state index in [1.165, 1.54) is 0 Å². The minimum absolute atomic E-state index is 0.306. The Bertz CT molecular complexity index is 184. The zero-order valence-electron chi connectivity index (χ0n) is 6.01. The third-order valence-electron chi connectivity index (χ3n) is 1.11. The van der Waals surface area contributed by atoms with Crippen molar-refractivity contribution in [2.45, 2.75) is 19.3 Å². The second-order valence-corrected chi connectivity index (χ2v) is 4.08. The second-order valence-electron chi connectivity index (χ2n) is 2.21. The van der Waals surface area contributed by atoms with Gasteiger partial charge in [0.05, 0.1) is 0 Å². The molecule has 4 heteroatoms. The van der Waals surface area contributed by atoms with Gasteiger partial charge < -0.3 is 0 Å². The lowest BCUT2D eigenvalue weighted by molar-refractivity contribution is 0.670. The van der Waals surface area contributed by atoms with E-state index in [1.807, 2.05) is 6.08 Å². The highest BCUT2D eigenvalue weighted by atomic mass is 32.2. The predicted molar refractivity (Wildman–Crippen MR) is 44.0 cm³/mol. The fraction of sp³-hybridized carbons (Fsp3) is 0.667. The van der Waals surface area contributed by atoms with Crippen LogP contribution in [-0.2, 0) is 9.92 Å². The Morgan fingerprint density at radius 1 is 1.60 bits per heavy atom. The molecule has 3 N–H and O–H groups in total. The van der Waals surface area contributed by atoms with Crippen molar-refractivity contribution in [1.29, 1.82) is 4.78 Å². The van der Waals surface area contributed by atoms with Gasteiger partial charge in [-0.05, 0) is 19.3 Å². The number of nitrogens with one attached hydrogen (secondary N) is 1. The van der Waals surface area contributed by atoms with Gasteiger partial charge in [0.25, 0.3) is 0 Å². The van der Waals surface area contributed by atoms with Crippen LogP contribution in [0, 0.1) is 4.78 Å². The zero-order valence-corrected chi connectivity index (χ0v) is 6.82. The first-order valence-corrected chi connectivity index (χ1v) is 5.00. The standard InChI is InChI=1S/C6H14N2OS/c1-2-3-4-5-6-10(7,8)9/h2H,1,3-6H2,(H3,7,8,9). The maximum atomic E-state index is 10.6. The van der Waals surface area contributed by atoms with Crippen molar-refractivity contribution in [3.05, 3.63) is 12.7 Å². The Kier molecular flexibility index (Phi) is 4.31. The molecule has 0 aliphatic carbocycles. The quantitative estimate of drug-likeness (QED) is 0.464. The molecule has 0 aliphatic rings. The Morgan fingerprint density at radius 2 is 2.20 bits per heavy atom. The molecule has 10 heavy (non-hydrogen) atoms. The maximum Gasteiger partial charge on any atom is 0.102 e. The molecule has 0 rings (SSSR count). The fourth-order valence-corrected chi connectivity index (χ4v) is 1.24. The van der Waals surface area contributed by atoms with Crippen LogP contribution in [-0.4, -0.2) is 9.96 Å². The second kappa shape index (κ2) is 4.46. The first kappa shape index (κ1) is 9.65. The average Bonchev–Trinajstić information content (AvgIpc) is 1.78. The zero-order chi connectivity index (χ0) is 8.04. The fourth-order valence-electron chi connectivity index (χ4n) is 0.605. The molecule has 60 valence electrons. The number of hydrogen-bond acceptors (Lipinski definition) is 2. The summed E-state index contributed by atoms with van der Waals surface area (Å²) < 4.78 is 17.4. The SMILES string of the molecule is C=CCCCCS(=N)(N)=O. The van der Waals surface area contributed by atoms with Gasteiger partial charge in [0.2, 0.25) is 0 Å². The Hall–Kier alpha value is -0.350. The van der Waals surface area contributed by atoms with Crippen LogP contribution < -0.4 is 5.14 Å². The molecule has 0 aliphatic heterocycles. The number of allylic oxidation sites excluding steroid dienone is 1. The van der Waals surface area contributed by atoms with Crippen LogP contribution in [0.25, 0.3) is 0 Å². The van der Waals surface area contributed by atoms with Crippen molar-refractivity contribution in [2.75, 3.05) is 5.75 Å². The first-order valence-electron chi connectivity index (χ1n) is 3.21. The Balaban J connectivity index is 3.29. The molecule has 0 saturated carbocycles. The summed E-state index contributed by atoms with van der Waals surface area (Å²) in [6.07, 6.45) is 4.40. The van der Waals surface area contributed by atoms with Crippen LogP contribution in [0.2, 0.25) is 0 Å². The lowest BCUT2D eigenvalue weighted by Gasteiger charge is -1.97. The molecule has 1 atom stereocenters. The summed E-state index contributed by atoms with van der Waals surface area (Å²) in [5.41, 5.74) is 0. The van der Waals surface area contributed by atoms with Crippen LogP contribution in [0.3, 0.4) is 0 Å². The van der Waals surface area contributed by atoms with Crippen LogP contribution >= 0.6 is 0 Å². The van der Waals surface area contributed by atoms with E-state index in [4.69, 9.17) is 9.92 Å². The van der Waals surface area contributed by atoms with Crippen LogP contribution in [0.5, 0.6) is 0 Å². The van der Waals surface area contributed by atoms with E-state index < -0.39 is 9.92 Å². The molecule has 0 aromatic heterocycles. The minimum atomic E-state index is -2.74. The number of nitrogens with two attached hydrogens (primary N) is 1. The lowest BCUT2D eigenvalue weighted by Crippen LogP contribution is -2.14. The molecule has 0 heterocycles. The van der Waals surface area contributed by atoms with Crippen molar-refractivity contribution >= 4 is 9.92 Å². The van der Waals surface area contributed by atoms with Crippen molar-refractivity contribution in [2.24, 2.45) is 5.14 Å². The van der Waals surface area contributed by atoms with Gasteiger partial charge >= 0.3 is 0 Å². The minimum Gasteiger partial charge on any atom is -0.245 e. The van der Waals surface area contributed by atoms with Crippen molar-refractivity contribution < 1.29 is 4.21 Å². The topological polar surface area (TPSA) is 66.9 Å². The molecule has 0 fully saturated rings. The van der Waals surface area contributed by atoms with Gasteiger partial charge in [0, 0.05) is 5.75 Å². The third kappa shape index (κ3) is 7.65. The molecule has 0 radical (unpaired) electrons. The van der Waals surface area contributed by atoms with Crippen LogP contribution in [0.1, 0.15) is 19.3 Å². The molecule has 0 spiro atoms. The van der Waals surface area contributed by atoms with E-state index in [0.717, 1.165) is 19.3 Å². The molecule has 0 amide bonds. The summed E-state index contributed by atoms with van der Waals surface area (Å²) in [6.45, 7) is 3.55. The van der Waals surface area contributed by atoms with Crippen LogP contribution in [0.15, 0.2) is 12.7 Å². The molecule has 0 saturated heterocycles. The largest absolute Gasteiger partial charge is 0.245 e. The summed E-state index contributed by atoms with van der Waals surface area (Å²) in [4.78, 5) is 0. The van der Waals surface area contributed by atoms with Gasteiger partial charge in [-0.1, -0.05) is 6.08 Å². The number of hydrogen-bond donors (Lipinski definition) is 2. The number of rotatable bonds is 5. The molecule has 1 unspecified atom stereocenters. The number of unbranched alkanes of at least 4 members (excludes halogenated alkanes) is 2. The molecule has 3 nitrogen and oxygen atoms in total. The van der Waals surface area contributed by atoms with E-state index in [0.29, 0.717) is 5.75 Å². The van der Waals surface area contributed by atoms with E-state index in [1.54, 1.807) is 0 Å². The Labute approximate surface area is 62.4 Å². The first-order chi connectivity index (χ1) is 4.56. The summed E-state index contributed by atoms with van der Waals surface area (Å²) in [7, 11) is -2.74. The average molecular weight is 162 g/mol. The summed E-state index contributed by atoms with van der Waals surface area (Å²) >= 11 is 0. The predicted octanol–water partition coefficient (Wildman–Crippen LogP) is 1.26. The highest BCUT2D eigenvalue weighted by molar-refractivity contribution is 7.90. The van der Waals surface area contributed by atoms with E-state index in [-0.39, 0.29) is 0 Å². The lowest BCUT2D eigenvalue weighted by atomic mass is 10.2. The van der Waals surface area contributed by atoms with Gasteiger partial charge in [-0.15, -0.1) is 6.58 Å². The Morgan fingerprint density at radius 3 is 2.60 bits per heavy atom. The van der Waals surface area contributed by atoms with E-state index in [9.17, 15) is 4.21 Å². The van der Waals surface area contributed by atoms with Crippen molar-refractivity contribution in [1.82, 2.24) is 0 Å². The molecular formula is C6H14N2OS. The molecule has 0 aromatic carbocycles. The summed E-state index contributed by atoms with van der Waals surface area (Å²) in [5.74, 6) is 0.306. The normalized spacial score (nSPS) is 16.1. The highest BCUT2D eigenvalue weighted by Crippen LogP contribution is 1.97. The monoisotopic (exact) mass is 162 g/mol. The highest BCUT2D eigenvalue weighted by Gasteiger charge is 1.95. The summed E-state index contributed by atoms with van der Waals surface area (Å²) in [6, 6.07) is 0. The molecule has 0 bridgehead atoms. The van der Waals surface area contributed by atoms with Crippen LogP contribution in [0.4, 0.5) is 0 Å². The molecule has 0 aromatic rings. The maximum absolute atomic E-state index is 10.6. The van der Waals surface area contributed by atoms with E-state index >= 15 is 0 Å².